The highest BCUT2D eigenvalue weighted by Gasteiger charge is 2.17. The van der Waals surface area contributed by atoms with Crippen molar-refractivity contribution in [3.8, 4) is 33.4 Å². The number of rotatable bonds is 6. The van der Waals surface area contributed by atoms with Gasteiger partial charge in [-0.25, -0.2) is 0 Å². The van der Waals surface area contributed by atoms with E-state index in [1.54, 1.807) is 0 Å². The zero-order chi connectivity index (χ0) is 34.4. The first kappa shape index (κ1) is 30.0. The Kier molecular flexibility index (Phi) is 7.18. The van der Waals surface area contributed by atoms with Crippen LogP contribution in [0.2, 0.25) is 0 Å². The minimum atomic E-state index is 0.918. The van der Waals surface area contributed by atoms with E-state index in [0.29, 0.717) is 0 Å². The molecule has 2 nitrogen and oxygen atoms in total. The molecule has 0 saturated carbocycles. The standard InChI is InChI=1S/C50H33NO/c1-3-12-36(13-4-1)46-33-43(28-29-44(46)40-22-19-34-11-7-8-14-38(34)31-40)51(41-15-5-2-6-16-41)42-26-23-35(24-27-42)39-21-20-37-25-30-49-50(47(37)32-39)45-17-9-10-18-48(45)52-49/h1-33H. The van der Waals surface area contributed by atoms with Crippen molar-refractivity contribution in [3.63, 3.8) is 0 Å². The number of para-hydroxylation sites is 2. The first-order valence-electron chi connectivity index (χ1n) is 17.8. The van der Waals surface area contributed by atoms with Gasteiger partial charge < -0.3 is 9.32 Å². The first-order chi connectivity index (χ1) is 25.8. The molecule has 52 heavy (non-hydrogen) atoms. The van der Waals surface area contributed by atoms with E-state index in [4.69, 9.17) is 4.42 Å². The number of nitrogens with zero attached hydrogens (tertiary/aromatic N) is 1. The van der Waals surface area contributed by atoms with Crippen molar-refractivity contribution in [2.75, 3.05) is 4.90 Å². The molecule has 0 unspecified atom stereocenters. The van der Waals surface area contributed by atoms with E-state index >= 15 is 0 Å². The number of fused-ring (bicyclic) bond motifs is 6. The third-order valence-corrected chi connectivity index (χ3v) is 10.2. The van der Waals surface area contributed by atoms with E-state index in [1.807, 2.05) is 12.1 Å². The number of hydrogen-bond donors (Lipinski definition) is 0. The summed E-state index contributed by atoms with van der Waals surface area (Å²) < 4.78 is 6.21. The third-order valence-electron chi connectivity index (χ3n) is 10.2. The van der Waals surface area contributed by atoms with Gasteiger partial charge in [-0.05, 0) is 116 Å². The van der Waals surface area contributed by atoms with Gasteiger partial charge in [0, 0.05) is 27.8 Å². The summed E-state index contributed by atoms with van der Waals surface area (Å²) in [4.78, 5) is 2.35. The van der Waals surface area contributed by atoms with Gasteiger partial charge >= 0.3 is 0 Å². The van der Waals surface area contributed by atoms with Crippen LogP contribution >= 0.6 is 0 Å². The Balaban J connectivity index is 1.08. The molecular formula is C50H33NO. The van der Waals surface area contributed by atoms with Gasteiger partial charge in [-0.15, -0.1) is 0 Å². The Hall–Kier alpha value is -6.90. The van der Waals surface area contributed by atoms with Crippen LogP contribution in [0.3, 0.4) is 0 Å². The molecule has 0 fully saturated rings. The lowest BCUT2D eigenvalue weighted by atomic mass is 9.92. The largest absolute Gasteiger partial charge is 0.456 e. The minimum absolute atomic E-state index is 0.918. The van der Waals surface area contributed by atoms with Crippen molar-refractivity contribution in [2.24, 2.45) is 0 Å². The zero-order valence-electron chi connectivity index (χ0n) is 28.4. The van der Waals surface area contributed by atoms with E-state index in [-0.39, 0.29) is 0 Å². The Bertz CT molecular complexity index is 2890. The predicted octanol–water partition coefficient (Wildman–Crippen LogP) is 14.4. The summed E-state index contributed by atoms with van der Waals surface area (Å²) >= 11 is 0. The van der Waals surface area contributed by atoms with Crippen LogP contribution in [0.4, 0.5) is 17.1 Å². The molecule has 0 spiro atoms. The van der Waals surface area contributed by atoms with E-state index < -0.39 is 0 Å². The van der Waals surface area contributed by atoms with Crippen molar-refractivity contribution < 1.29 is 4.42 Å². The van der Waals surface area contributed by atoms with Gasteiger partial charge in [0.25, 0.3) is 0 Å². The van der Waals surface area contributed by atoms with Crippen molar-refractivity contribution in [3.05, 3.63) is 200 Å². The van der Waals surface area contributed by atoms with Gasteiger partial charge in [-0.3, -0.25) is 0 Å². The van der Waals surface area contributed by atoms with Gasteiger partial charge in [0.15, 0.2) is 0 Å². The molecule has 0 amide bonds. The van der Waals surface area contributed by atoms with E-state index in [0.717, 1.165) is 33.6 Å². The van der Waals surface area contributed by atoms with Crippen LogP contribution in [-0.4, -0.2) is 0 Å². The van der Waals surface area contributed by atoms with Crippen molar-refractivity contribution in [1.82, 2.24) is 0 Å². The monoisotopic (exact) mass is 663 g/mol. The smallest absolute Gasteiger partial charge is 0.136 e. The van der Waals surface area contributed by atoms with Gasteiger partial charge in [0.1, 0.15) is 11.2 Å². The fourth-order valence-corrected chi connectivity index (χ4v) is 7.69. The van der Waals surface area contributed by atoms with E-state index in [2.05, 4.69) is 193 Å². The molecule has 9 aromatic carbocycles. The van der Waals surface area contributed by atoms with Gasteiger partial charge in [0.05, 0.1) is 0 Å². The molecule has 1 heterocycles. The topological polar surface area (TPSA) is 16.4 Å². The van der Waals surface area contributed by atoms with E-state index in [9.17, 15) is 0 Å². The summed E-state index contributed by atoms with van der Waals surface area (Å²) in [6.45, 7) is 0. The average molecular weight is 664 g/mol. The van der Waals surface area contributed by atoms with Gasteiger partial charge in [-0.2, -0.15) is 0 Å². The summed E-state index contributed by atoms with van der Waals surface area (Å²) in [5, 5.41) is 7.21. The van der Waals surface area contributed by atoms with Crippen molar-refractivity contribution >= 4 is 60.5 Å². The van der Waals surface area contributed by atoms with Crippen molar-refractivity contribution in [2.45, 2.75) is 0 Å². The van der Waals surface area contributed by atoms with Crippen LogP contribution in [0.15, 0.2) is 205 Å². The molecule has 244 valence electrons. The summed E-state index contributed by atoms with van der Waals surface area (Å²) in [7, 11) is 0. The molecule has 0 saturated heterocycles. The average Bonchev–Trinajstić information content (AvgIpc) is 3.61. The maximum absolute atomic E-state index is 6.21. The summed E-state index contributed by atoms with van der Waals surface area (Å²) in [6, 6.07) is 71.8. The Morgan fingerprint density at radius 2 is 0.942 bits per heavy atom. The number of benzene rings is 9. The van der Waals surface area contributed by atoms with Crippen LogP contribution in [-0.2, 0) is 0 Å². The molecule has 0 radical (unpaired) electrons. The van der Waals surface area contributed by atoms with Crippen molar-refractivity contribution in [1.29, 1.82) is 0 Å². The summed E-state index contributed by atoms with van der Waals surface area (Å²) in [5.41, 5.74) is 12.3. The Morgan fingerprint density at radius 3 is 1.79 bits per heavy atom. The van der Waals surface area contributed by atoms with Gasteiger partial charge in [0.2, 0.25) is 0 Å². The lowest BCUT2D eigenvalue weighted by molar-refractivity contribution is 0.669. The second-order valence-corrected chi connectivity index (χ2v) is 13.3. The van der Waals surface area contributed by atoms with Crippen LogP contribution in [0, 0.1) is 0 Å². The highest BCUT2D eigenvalue weighted by Crippen LogP contribution is 2.42. The molecule has 0 aliphatic carbocycles. The minimum Gasteiger partial charge on any atom is -0.456 e. The molecule has 10 rings (SSSR count). The van der Waals surface area contributed by atoms with Gasteiger partial charge in [-0.1, -0.05) is 140 Å². The maximum atomic E-state index is 6.21. The normalized spacial score (nSPS) is 11.5. The molecule has 2 heteroatoms. The summed E-state index contributed by atoms with van der Waals surface area (Å²) in [6.07, 6.45) is 0. The molecule has 1 aromatic heterocycles. The fourth-order valence-electron chi connectivity index (χ4n) is 7.69. The molecule has 0 atom stereocenters. The molecular weight excluding hydrogens is 631 g/mol. The van der Waals surface area contributed by atoms with Crippen LogP contribution in [0.1, 0.15) is 0 Å². The number of hydrogen-bond acceptors (Lipinski definition) is 2. The molecule has 0 aliphatic heterocycles. The number of anilines is 3. The highest BCUT2D eigenvalue weighted by atomic mass is 16.3. The predicted molar refractivity (Wildman–Crippen MR) is 220 cm³/mol. The maximum Gasteiger partial charge on any atom is 0.136 e. The SMILES string of the molecule is c1ccc(-c2cc(N(c3ccccc3)c3ccc(-c4ccc5ccc6oc7ccccc7c6c5c4)cc3)ccc2-c2ccc3ccccc3c2)cc1. The van der Waals surface area contributed by atoms with Crippen LogP contribution < -0.4 is 4.90 Å². The first-order valence-corrected chi connectivity index (χ1v) is 17.8. The fraction of sp³-hybridized carbons (Fsp3) is 0. The van der Waals surface area contributed by atoms with E-state index in [1.165, 1.54) is 60.3 Å². The second kappa shape index (κ2) is 12.5. The molecule has 10 aromatic rings. The highest BCUT2D eigenvalue weighted by molar-refractivity contribution is 6.19. The Labute approximate surface area is 302 Å². The number of furan rings is 1. The van der Waals surface area contributed by atoms with Crippen LogP contribution in [0.25, 0.3) is 76.9 Å². The second-order valence-electron chi connectivity index (χ2n) is 13.3. The zero-order valence-corrected chi connectivity index (χ0v) is 28.4. The van der Waals surface area contributed by atoms with Crippen LogP contribution in [0.5, 0.6) is 0 Å². The molecule has 0 bridgehead atoms. The lowest BCUT2D eigenvalue weighted by Gasteiger charge is -2.27. The quantitative estimate of drug-likeness (QED) is 0.176. The third kappa shape index (κ3) is 5.21. The molecule has 0 N–H and O–H groups in total. The lowest BCUT2D eigenvalue weighted by Crippen LogP contribution is -2.10. The molecule has 0 aliphatic rings. The Morgan fingerprint density at radius 1 is 0.308 bits per heavy atom. The summed E-state index contributed by atoms with van der Waals surface area (Å²) in [5.74, 6) is 0.